The van der Waals surface area contributed by atoms with Crippen LogP contribution in [0.5, 0.6) is 0 Å². The summed E-state index contributed by atoms with van der Waals surface area (Å²) in [5.41, 5.74) is 6.77. The maximum absolute atomic E-state index is 6.04. The molecule has 3 nitrogen and oxygen atoms in total. The van der Waals surface area contributed by atoms with E-state index in [0.29, 0.717) is 5.25 Å². The second kappa shape index (κ2) is 5.52. The van der Waals surface area contributed by atoms with Gasteiger partial charge in [-0.05, 0) is 31.0 Å². The molecule has 2 aliphatic heterocycles. The standard InChI is InChI=1S/C14H18ClNO2S/c15-10-1-2-12(16)13(7-10)19-11-3-5-18-14(8-11)4-6-17-9-14/h1-2,7,11H,3-6,8-9,16H2. The van der Waals surface area contributed by atoms with E-state index in [1.165, 1.54) is 0 Å². The summed E-state index contributed by atoms with van der Waals surface area (Å²) in [6.07, 6.45) is 3.09. The lowest BCUT2D eigenvalue weighted by Gasteiger charge is -2.36. The fourth-order valence-electron chi connectivity index (χ4n) is 2.74. The zero-order valence-corrected chi connectivity index (χ0v) is 12.3. The minimum Gasteiger partial charge on any atom is -0.398 e. The molecule has 2 unspecified atom stereocenters. The Labute approximate surface area is 122 Å². The van der Waals surface area contributed by atoms with E-state index in [1.807, 2.05) is 30.0 Å². The van der Waals surface area contributed by atoms with E-state index in [4.69, 9.17) is 26.8 Å². The number of nitrogens with two attached hydrogens (primary N) is 1. The predicted molar refractivity (Wildman–Crippen MR) is 78.9 cm³/mol. The first-order chi connectivity index (χ1) is 9.17. The van der Waals surface area contributed by atoms with Crippen LogP contribution >= 0.6 is 23.4 Å². The Bertz CT molecular complexity index is 463. The monoisotopic (exact) mass is 299 g/mol. The van der Waals surface area contributed by atoms with Gasteiger partial charge in [0.2, 0.25) is 0 Å². The van der Waals surface area contributed by atoms with Gasteiger partial charge in [-0.25, -0.2) is 0 Å². The Hall–Kier alpha value is -0.420. The third-order valence-electron chi connectivity index (χ3n) is 3.78. The van der Waals surface area contributed by atoms with E-state index in [9.17, 15) is 0 Å². The zero-order valence-electron chi connectivity index (χ0n) is 10.7. The lowest BCUT2D eigenvalue weighted by molar-refractivity contribution is -0.0769. The van der Waals surface area contributed by atoms with Gasteiger partial charge in [0.1, 0.15) is 0 Å². The van der Waals surface area contributed by atoms with Crippen molar-refractivity contribution in [2.24, 2.45) is 0 Å². The average Bonchev–Trinajstić information content (AvgIpc) is 2.82. The molecular weight excluding hydrogens is 282 g/mol. The number of anilines is 1. The molecule has 0 bridgehead atoms. The molecule has 1 spiro atoms. The van der Waals surface area contributed by atoms with Crippen molar-refractivity contribution in [2.45, 2.75) is 35.0 Å². The van der Waals surface area contributed by atoms with E-state index in [1.54, 1.807) is 0 Å². The molecule has 0 saturated carbocycles. The first-order valence-corrected chi connectivity index (χ1v) is 7.86. The van der Waals surface area contributed by atoms with Crippen molar-refractivity contribution >= 4 is 29.1 Å². The number of hydrogen-bond donors (Lipinski definition) is 1. The van der Waals surface area contributed by atoms with Crippen LogP contribution in [0.25, 0.3) is 0 Å². The third kappa shape index (κ3) is 3.02. The lowest BCUT2D eigenvalue weighted by atomic mass is 9.93. The second-order valence-corrected chi connectivity index (χ2v) is 7.03. The summed E-state index contributed by atoms with van der Waals surface area (Å²) in [6.45, 7) is 2.35. The first-order valence-electron chi connectivity index (χ1n) is 6.60. The minimum atomic E-state index is -0.0523. The summed E-state index contributed by atoms with van der Waals surface area (Å²) in [6, 6.07) is 5.66. The molecule has 3 rings (SSSR count). The van der Waals surface area contributed by atoms with Crippen molar-refractivity contribution in [3.8, 4) is 0 Å². The van der Waals surface area contributed by atoms with Crippen LogP contribution in [-0.2, 0) is 9.47 Å². The smallest absolute Gasteiger partial charge is 0.0947 e. The quantitative estimate of drug-likeness (QED) is 0.851. The van der Waals surface area contributed by atoms with Crippen molar-refractivity contribution in [1.29, 1.82) is 0 Å². The SMILES string of the molecule is Nc1ccc(Cl)cc1SC1CCOC2(CCOC2)C1. The van der Waals surface area contributed by atoms with Crippen LogP contribution in [0.4, 0.5) is 5.69 Å². The molecule has 0 amide bonds. The Balaban J connectivity index is 1.70. The molecule has 104 valence electrons. The van der Waals surface area contributed by atoms with Crippen LogP contribution in [-0.4, -0.2) is 30.7 Å². The van der Waals surface area contributed by atoms with Crippen molar-refractivity contribution in [3.63, 3.8) is 0 Å². The summed E-state index contributed by atoms with van der Waals surface area (Å²) in [4.78, 5) is 1.08. The summed E-state index contributed by atoms with van der Waals surface area (Å²) in [7, 11) is 0. The Morgan fingerprint density at radius 3 is 3.05 bits per heavy atom. The van der Waals surface area contributed by atoms with E-state index in [0.717, 1.165) is 54.7 Å². The maximum atomic E-state index is 6.04. The van der Waals surface area contributed by atoms with Crippen LogP contribution in [0.1, 0.15) is 19.3 Å². The van der Waals surface area contributed by atoms with Gasteiger partial charge in [0.15, 0.2) is 0 Å². The summed E-state index contributed by atoms with van der Waals surface area (Å²) in [5, 5.41) is 1.26. The van der Waals surface area contributed by atoms with Crippen molar-refractivity contribution in [3.05, 3.63) is 23.2 Å². The number of nitrogen functional groups attached to an aromatic ring is 1. The number of benzene rings is 1. The predicted octanol–water partition coefficient (Wildman–Crippen LogP) is 3.35. The molecule has 19 heavy (non-hydrogen) atoms. The Morgan fingerprint density at radius 2 is 2.26 bits per heavy atom. The highest BCUT2D eigenvalue weighted by Crippen LogP contribution is 2.41. The van der Waals surface area contributed by atoms with Gasteiger partial charge in [-0.1, -0.05) is 11.6 Å². The number of halogens is 1. The van der Waals surface area contributed by atoms with E-state index < -0.39 is 0 Å². The highest BCUT2D eigenvalue weighted by atomic mass is 35.5. The largest absolute Gasteiger partial charge is 0.398 e. The van der Waals surface area contributed by atoms with Crippen molar-refractivity contribution < 1.29 is 9.47 Å². The topological polar surface area (TPSA) is 44.5 Å². The van der Waals surface area contributed by atoms with Crippen molar-refractivity contribution in [2.75, 3.05) is 25.6 Å². The third-order valence-corrected chi connectivity index (χ3v) is 5.36. The summed E-state index contributed by atoms with van der Waals surface area (Å²) in [5.74, 6) is 0. The van der Waals surface area contributed by atoms with Gasteiger partial charge >= 0.3 is 0 Å². The van der Waals surface area contributed by atoms with Crippen LogP contribution in [0.2, 0.25) is 5.02 Å². The highest BCUT2D eigenvalue weighted by Gasteiger charge is 2.41. The molecule has 5 heteroatoms. The molecule has 0 aliphatic carbocycles. The number of hydrogen-bond acceptors (Lipinski definition) is 4. The number of ether oxygens (including phenoxy) is 2. The molecular formula is C14H18ClNO2S. The first kappa shape index (κ1) is 13.6. The lowest BCUT2D eigenvalue weighted by Crippen LogP contribution is -2.41. The number of thioether (sulfide) groups is 1. The molecule has 2 aliphatic rings. The molecule has 2 fully saturated rings. The van der Waals surface area contributed by atoms with Gasteiger partial charge in [0.05, 0.1) is 12.2 Å². The van der Waals surface area contributed by atoms with Gasteiger partial charge in [-0.2, -0.15) is 0 Å². The molecule has 0 radical (unpaired) electrons. The normalized spacial score (nSPS) is 30.9. The van der Waals surface area contributed by atoms with Gasteiger partial charge in [0.25, 0.3) is 0 Å². The fraction of sp³-hybridized carbons (Fsp3) is 0.571. The zero-order chi connectivity index (χ0) is 13.3. The van der Waals surface area contributed by atoms with Gasteiger partial charge in [-0.15, -0.1) is 11.8 Å². The molecule has 2 N–H and O–H groups in total. The van der Waals surface area contributed by atoms with Gasteiger partial charge in [0, 0.05) is 40.5 Å². The average molecular weight is 300 g/mol. The maximum Gasteiger partial charge on any atom is 0.0947 e. The molecule has 2 saturated heterocycles. The van der Waals surface area contributed by atoms with Crippen LogP contribution in [0.3, 0.4) is 0 Å². The summed E-state index contributed by atoms with van der Waals surface area (Å²) >= 11 is 7.86. The van der Waals surface area contributed by atoms with E-state index >= 15 is 0 Å². The van der Waals surface area contributed by atoms with E-state index in [2.05, 4.69) is 0 Å². The molecule has 1 aromatic carbocycles. The number of rotatable bonds is 2. The van der Waals surface area contributed by atoms with Gasteiger partial charge in [-0.3, -0.25) is 0 Å². The summed E-state index contributed by atoms with van der Waals surface area (Å²) < 4.78 is 11.5. The van der Waals surface area contributed by atoms with Crippen LogP contribution in [0.15, 0.2) is 23.1 Å². The Kier molecular flexibility index (Phi) is 3.94. The molecule has 2 atom stereocenters. The fourth-order valence-corrected chi connectivity index (χ4v) is 4.33. The molecule has 1 aromatic rings. The van der Waals surface area contributed by atoms with Crippen LogP contribution < -0.4 is 5.73 Å². The molecule has 0 aromatic heterocycles. The molecule has 2 heterocycles. The van der Waals surface area contributed by atoms with E-state index in [-0.39, 0.29) is 5.60 Å². The Morgan fingerprint density at radius 1 is 1.37 bits per heavy atom. The minimum absolute atomic E-state index is 0.0523. The van der Waals surface area contributed by atoms with Crippen LogP contribution in [0, 0.1) is 0 Å². The van der Waals surface area contributed by atoms with Gasteiger partial charge < -0.3 is 15.2 Å². The highest BCUT2D eigenvalue weighted by molar-refractivity contribution is 8.00. The van der Waals surface area contributed by atoms with Crippen molar-refractivity contribution in [1.82, 2.24) is 0 Å². The second-order valence-electron chi connectivity index (χ2n) is 5.25.